The van der Waals surface area contributed by atoms with Crippen LogP contribution in [0.15, 0.2) is 76.6 Å². The highest BCUT2D eigenvalue weighted by atomic mass is 35.5. The number of fused-ring (bicyclic) bond motifs is 2. The third-order valence-corrected chi connectivity index (χ3v) is 10.00. The smallest absolute Gasteiger partial charge is 0.418 e. The number of aromatic amines is 1. The molecule has 3 atom stereocenters. The summed E-state index contributed by atoms with van der Waals surface area (Å²) < 4.78 is 47.7. The number of hydrogen-bond donors (Lipinski definition) is 2. The van der Waals surface area contributed by atoms with E-state index in [-0.39, 0.29) is 10.8 Å². The Balaban J connectivity index is 1.39. The van der Waals surface area contributed by atoms with Gasteiger partial charge in [-0.05, 0) is 48.9 Å². The minimum atomic E-state index is -4.83. The van der Waals surface area contributed by atoms with E-state index >= 15 is 0 Å². The van der Waals surface area contributed by atoms with Gasteiger partial charge in [0.2, 0.25) is 11.8 Å². The number of rotatable bonds is 6. The van der Waals surface area contributed by atoms with Crippen LogP contribution in [0.3, 0.4) is 0 Å². The molecule has 2 unspecified atom stereocenters. The highest BCUT2D eigenvalue weighted by Gasteiger charge is 2.57. The number of nitrogens with one attached hydrogen (secondary N) is 2. The third-order valence-electron chi connectivity index (χ3n) is 7.36. The molecule has 2 aliphatic rings. The predicted molar refractivity (Wildman–Crippen MR) is 161 cm³/mol. The number of aryl methyl sites for hydroxylation is 1. The Labute approximate surface area is 261 Å². The van der Waals surface area contributed by atoms with E-state index in [2.05, 4.69) is 10.3 Å². The number of nitrogens with zero attached hydrogens (tertiary/aromatic N) is 1. The summed E-state index contributed by atoms with van der Waals surface area (Å²) in [7, 11) is 0. The van der Waals surface area contributed by atoms with Crippen molar-refractivity contribution >= 4 is 63.8 Å². The van der Waals surface area contributed by atoms with Crippen molar-refractivity contribution in [2.75, 3.05) is 16.8 Å². The zero-order chi connectivity index (χ0) is 31.3. The molecule has 226 valence electrons. The molecule has 3 amide bonds. The van der Waals surface area contributed by atoms with E-state index in [1.165, 1.54) is 30.3 Å². The average Bonchev–Trinajstić information content (AvgIpc) is 3.47. The average molecular weight is 660 g/mol. The molecule has 2 N–H and O–H groups in total. The van der Waals surface area contributed by atoms with Gasteiger partial charge in [0.15, 0.2) is 6.61 Å². The molecule has 44 heavy (non-hydrogen) atoms. The molecule has 8 nitrogen and oxygen atoms in total. The van der Waals surface area contributed by atoms with E-state index in [0.717, 1.165) is 40.8 Å². The molecule has 0 radical (unpaired) electrons. The summed E-state index contributed by atoms with van der Waals surface area (Å²) in [5.74, 6) is -4.20. The molecule has 1 saturated heterocycles. The number of H-pyrrole nitrogens is 1. The number of imide groups is 1. The van der Waals surface area contributed by atoms with Crippen LogP contribution in [-0.2, 0) is 20.6 Å². The second kappa shape index (κ2) is 11.5. The van der Waals surface area contributed by atoms with Crippen LogP contribution in [-0.4, -0.2) is 34.6 Å². The van der Waals surface area contributed by atoms with Gasteiger partial charge in [0, 0.05) is 27.1 Å². The van der Waals surface area contributed by atoms with Gasteiger partial charge in [-0.25, -0.2) is 4.90 Å². The molecular weight excluding hydrogens is 639 g/mol. The Morgan fingerprint density at radius 2 is 1.77 bits per heavy atom. The first-order valence-electron chi connectivity index (χ1n) is 13.2. The summed E-state index contributed by atoms with van der Waals surface area (Å²) >= 11 is 8.11. The summed E-state index contributed by atoms with van der Waals surface area (Å²) in [4.78, 5) is 56.2. The highest BCUT2D eigenvalue weighted by molar-refractivity contribution is 8.00. The lowest BCUT2D eigenvalue weighted by atomic mass is 9.82. The van der Waals surface area contributed by atoms with E-state index in [1.54, 1.807) is 12.1 Å². The Morgan fingerprint density at radius 1 is 1.05 bits per heavy atom. The van der Waals surface area contributed by atoms with Crippen LogP contribution >= 0.6 is 34.7 Å². The van der Waals surface area contributed by atoms with E-state index < -0.39 is 63.7 Å². The number of thiazole rings is 1. The van der Waals surface area contributed by atoms with Crippen LogP contribution in [0.2, 0.25) is 5.02 Å². The highest BCUT2D eigenvalue weighted by Crippen LogP contribution is 2.55. The maximum atomic E-state index is 14.0. The monoisotopic (exact) mass is 659 g/mol. The van der Waals surface area contributed by atoms with Crippen molar-refractivity contribution in [2.24, 2.45) is 5.92 Å². The van der Waals surface area contributed by atoms with Gasteiger partial charge in [-0.2, -0.15) is 13.2 Å². The first-order chi connectivity index (χ1) is 20.9. The lowest BCUT2D eigenvalue weighted by Crippen LogP contribution is -2.33. The molecule has 1 aromatic heterocycles. The number of carbonyl (C=O) groups is 3. The van der Waals surface area contributed by atoms with Crippen LogP contribution in [0.25, 0.3) is 0 Å². The van der Waals surface area contributed by atoms with Crippen LogP contribution in [0.4, 0.5) is 24.5 Å². The Morgan fingerprint density at radius 3 is 2.52 bits per heavy atom. The van der Waals surface area contributed by atoms with Gasteiger partial charge in [-0.1, -0.05) is 65.0 Å². The van der Waals surface area contributed by atoms with E-state index in [0.29, 0.717) is 26.1 Å². The quantitative estimate of drug-likeness (QED) is 0.238. The van der Waals surface area contributed by atoms with Crippen LogP contribution in [0.1, 0.15) is 27.5 Å². The molecule has 2 aliphatic heterocycles. The Kier molecular flexibility index (Phi) is 7.80. The van der Waals surface area contributed by atoms with Gasteiger partial charge in [-0.3, -0.25) is 19.2 Å². The first kappa shape index (κ1) is 30.0. The van der Waals surface area contributed by atoms with Gasteiger partial charge in [0.25, 0.3) is 5.91 Å². The molecular formula is C30H21ClF3N3O5S2. The topological polar surface area (TPSA) is 109 Å². The third kappa shape index (κ3) is 5.39. The molecule has 14 heteroatoms. The van der Waals surface area contributed by atoms with Crippen LogP contribution in [0.5, 0.6) is 5.75 Å². The molecule has 6 rings (SSSR count). The number of ether oxygens (including phenoxy) is 1. The Bertz CT molecular complexity index is 1870. The van der Waals surface area contributed by atoms with Crippen molar-refractivity contribution < 1.29 is 32.3 Å². The summed E-state index contributed by atoms with van der Waals surface area (Å²) in [6, 6.07) is 16.1. The fraction of sp³-hybridized carbons (Fsp3) is 0.200. The number of anilines is 2. The van der Waals surface area contributed by atoms with Crippen molar-refractivity contribution in [1.82, 2.24) is 4.98 Å². The number of para-hydroxylation sites is 2. The molecule has 0 saturated carbocycles. The predicted octanol–water partition coefficient (Wildman–Crippen LogP) is 6.23. The van der Waals surface area contributed by atoms with Gasteiger partial charge < -0.3 is 15.0 Å². The van der Waals surface area contributed by atoms with E-state index in [9.17, 15) is 32.3 Å². The van der Waals surface area contributed by atoms with Crippen molar-refractivity contribution in [1.29, 1.82) is 0 Å². The van der Waals surface area contributed by atoms with E-state index in [1.807, 2.05) is 19.1 Å². The van der Waals surface area contributed by atoms with Gasteiger partial charge in [0.05, 0.1) is 22.2 Å². The SMILES string of the molecule is Cc1ccccc1NC(=O)COc1ccc(Cl)cc1[C@H]1c2sc(=O)[nH]c2SC2C(=O)N(c3ccccc3C(F)(F)F)C(=O)C21. The zero-order valence-electron chi connectivity index (χ0n) is 22.6. The minimum Gasteiger partial charge on any atom is -0.483 e. The van der Waals surface area contributed by atoms with Crippen molar-refractivity contribution in [2.45, 2.75) is 29.3 Å². The Hall–Kier alpha value is -4.07. The fourth-order valence-corrected chi connectivity index (χ4v) is 8.12. The van der Waals surface area contributed by atoms with Crippen molar-refractivity contribution in [3.8, 4) is 5.75 Å². The fourth-order valence-electron chi connectivity index (χ4n) is 5.43. The minimum absolute atomic E-state index is 0.158. The second-order valence-corrected chi connectivity index (χ2v) is 12.7. The van der Waals surface area contributed by atoms with Gasteiger partial charge in [0.1, 0.15) is 11.0 Å². The number of thioether (sulfide) groups is 1. The number of halogens is 4. The summed E-state index contributed by atoms with van der Waals surface area (Å²) in [6.45, 7) is 1.41. The second-order valence-electron chi connectivity index (χ2n) is 10.1. The van der Waals surface area contributed by atoms with Crippen molar-refractivity contribution in [3.63, 3.8) is 0 Å². The number of amides is 3. The lowest BCUT2D eigenvalue weighted by Gasteiger charge is -2.31. The molecule has 4 aromatic rings. The number of aromatic nitrogens is 1. The largest absolute Gasteiger partial charge is 0.483 e. The van der Waals surface area contributed by atoms with Gasteiger partial charge in [-0.15, -0.1) is 0 Å². The van der Waals surface area contributed by atoms with Crippen LogP contribution < -0.4 is 19.8 Å². The van der Waals surface area contributed by atoms with Crippen molar-refractivity contribution in [3.05, 3.63) is 103 Å². The number of hydrogen-bond acceptors (Lipinski definition) is 7. The maximum absolute atomic E-state index is 14.0. The molecule has 0 bridgehead atoms. The summed E-state index contributed by atoms with van der Waals surface area (Å²) in [6.07, 6.45) is -4.83. The maximum Gasteiger partial charge on any atom is 0.418 e. The first-order valence-corrected chi connectivity index (χ1v) is 15.2. The van der Waals surface area contributed by atoms with Crippen LogP contribution in [0, 0.1) is 12.8 Å². The summed E-state index contributed by atoms with van der Waals surface area (Å²) in [5, 5.41) is 2.18. The lowest BCUT2D eigenvalue weighted by molar-refractivity contribution is -0.137. The normalized spacial score (nSPS) is 19.5. The summed E-state index contributed by atoms with van der Waals surface area (Å²) in [5.41, 5.74) is 0.0444. The molecule has 3 aromatic carbocycles. The number of carbonyl (C=O) groups excluding carboxylic acids is 3. The molecule has 3 heterocycles. The number of alkyl halides is 3. The van der Waals surface area contributed by atoms with E-state index in [4.69, 9.17) is 16.3 Å². The molecule has 1 fully saturated rings. The zero-order valence-corrected chi connectivity index (χ0v) is 25.0. The van der Waals surface area contributed by atoms with Gasteiger partial charge >= 0.3 is 11.0 Å². The molecule has 0 spiro atoms. The number of benzene rings is 3. The molecule has 0 aliphatic carbocycles. The standard InChI is InChI=1S/C30H21ClF3N3O5S2/c1-14-6-2-4-8-18(14)35-21(38)13-42-20-11-10-15(31)12-16(20)22-23-25(43-26-24(22)44-29(41)36-26)28(40)37(27(23)39)19-9-5-3-7-17(19)30(32,33)34/h2-12,22-23,25H,13H2,1H3,(H,35,38)(H,36,41)/t22-,23?,25?/m1/s1.